The third kappa shape index (κ3) is 2.52. The molecule has 0 amide bonds. The molecule has 0 bridgehead atoms. The van der Waals surface area contributed by atoms with Crippen molar-refractivity contribution in [2.24, 2.45) is 0 Å². The van der Waals surface area contributed by atoms with Crippen LogP contribution in [0.1, 0.15) is 40.2 Å². The Morgan fingerprint density at radius 2 is 1.54 bits per heavy atom. The smallest absolute Gasteiger partial charge is 0.00822 e. The molecular formula is C26H24. The van der Waals surface area contributed by atoms with Crippen molar-refractivity contribution in [1.82, 2.24) is 0 Å². The van der Waals surface area contributed by atoms with Gasteiger partial charge in [0, 0.05) is 0 Å². The fourth-order valence-electron chi connectivity index (χ4n) is 4.82. The van der Waals surface area contributed by atoms with Gasteiger partial charge in [0.1, 0.15) is 0 Å². The summed E-state index contributed by atoms with van der Waals surface area (Å²) in [5.74, 6) is 0.592. The van der Waals surface area contributed by atoms with E-state index in [1.54, 1.807) is 0 Å². The van der Waals surface area contributed by atoms with Crippen LogP contribution in [0.5, 0.6) is 0 Å². The lowest BCUT2D eigenvalue weighted by atomic mass is 9.81. The lowest BCUT2D eigenvalue weighted by Crippen LogP contribution is -2.20. The summed E-state index contributed by atoms with van der Waals surface area (Å²) in [6.07, 6.45) is 12.5. The van der Waals surface area contributed by atoms with Crippen molar-refractivity contribution in [3.63, 3.8) is 0 Å². The quantitative estimate of drug-likeness (QED) is 0.595. The Balaban J connectivity index is 1.66. The molecule has 0 fully saturated rings. The number of benzene rings is 3. The second-order valence-corrected chi connectivity index (χ2v) is 7.92. The van der Waals surface area contributed by atoms with Crippen molar-refractivity contribution in [1.29, 1.82) is 0 Å². The van der Waals surface area contributed by atoms with Gasteiger partial charge >= 0.3 is 0 Å². The van der Waals surface area contributed by atoms with E-state index in [0.717, 1.165) is 19.3 Å². The Kier molecular flexibility index (Phi) is 3.60. The second-order valence-electron chi connectivity index (χ2n) is 7.92. The van der Waals surface area contributed by atoms with Crippen molar-refractivity contribution in [2.45, 2.75) is 39.0 Å². The summed E-state index contributed by atoms with van der Waals surface area (Å²) < 4.78 is 0. The first-order valence-corrected chi connectivity index (χ1v) is 9.68. The van der Waals surface area contributed by atoms with E-state index in [-0.39, 0.29) is 0 Å². The van der Waals surface area contributed by atoms with Crippen LogP contribution < -0.4 is 10.4 Å². The van der Waals surface area contributed by atoms with Crippen LogP contribution in [0.4, 0.5) is 0 Å². The van der Waals surface area contributed by atoms with Gasteiger partial charge in [0.05, 0.1) is 0 Å². The lowest BCUT2D eigenvalue weighted by Gasteiger charge is -2.23. The normalized spacial score (nSPS) is 18.0. The predicted molar refractivity (Wildman–Crippen MR) is 112 cm³/mol. The fraction of sp³-hybridized carbons (Fsp3) is 0.231. The number of hydrogen-bond acceptors (Lipinski definition) is 0. The molecule has 3 aromatic carbocycles. The van der Waals surface area contributed by atoms with E-state index in [1.807, 2.05) is 0 Å². The molecule has 3 aromatic rings. The maximum atomic E-state index is 2.45. The average Bonchev–Trinajstić information content (AvgIpc) is 2.66. The molecule has 0 aliphatic heterocycles. The number of rotatable bonds is 1. The largest absolute Gasteiger partial charge is 0.0801 e. The topological polar surface area (TPSA) is 0 Å². The Morgan fingerprint density at radius 1 is 0.808 bits per heavy atom. The lowest BCUT2D eigenvalue weighted by molar-refractivity contribution is 0.696. The molecule has 0 saturated carbocycles. The minimum absolute atomic E-state index is 0.592. The maximum Gasteiger partial charge on any atom is -0.00822 e. The van der Waals surface area contributed by atoms with E-state index in [0.29, 0.717) is 5.92 Å². The fourth-order valence-corrected chi connectivity index (χ4v) is 4.82. The summed E-state index contributed by atoms with van der Waals surface area (Å²) in [4.78, 5) is 0. The Hall–Kier alpha value is -2.60. The van der Waals surface area contributed by atoms with Crippen molar-refractivity contribution in [3.8, 4) is 0 Å². The molecule has 0 aromatic heterocycles. The zero-order chi connectivity index (χ0) is 17.7. The molecule has 2 aliphatic rings. The molecule has 5 rings (SSSR count). The molecule has 26 heavy (non-hydrogen) atoms. The molecule has 0 nitrogen and oxygen atoms in total. The van der Waals surface area contributed by atoms with Gasteiger partial charge < -0.3 is 0 Å². The van der Waals surface area contributed by atoms with Crippen LogP contribution in [0.15, 0.2) is 54.6 Å². The van der Waals surface area contributed by atoms with Gasteiger partial charge in [0.25, 0.3) is 0 Å². The van der Waals surface area contributed by atoms with Gasteiger partial charge in [-0.1, -0.05) is 77.9 Å². The highest BCUT2D eigenvalue weighted by Crippen LogP contribution is 2.31. The number of aryl methyl sites for hydroxylation is 2. The van der Waals surface area contributed by atoms with Crippen LogP contribution >= 0.6 is 0 Å². The van der Waals surface area contributed by atoms with E-state index in [2.05, 4.69) is 80.6 Å². The highest BCUT2D eigenvalue weighted by molar-refractivity contribution is 5.90. The number of hydrogen-bond donors (Lipinski definition) is 0. The van der Waals surface area contributed by atoms with Gasteiger partial charge in [0.2, 0.25) is 0 Å². The number of fused-ring (bicyclic) bond motifs is 5. The first-order valence-electron chi connectivity index (χ1n) is 9.68. The molecule has 2 aliphatic carbocycles. The van der Waals surface area contributed by atoms with Gasteiger partial charge in [-0.25, -0.2) is 0 Å². The molecule has 0 radical (unpaired) electrons. The minimum Gasteiger partial charge on any atom is -0.0801 e. The van der Waals surface area contributed by atoms with E-state index < -0.39 is 0 Å². The summed E-state index contributed by atoms with van der Waals surface area (Å²) in [6, 6.07) is 16.4. The minimum atomic E-state index is 0.592. The second kappa shape index (κ2) is 5.99. The zero-order valence-electron chi connectivity index (χ0n) is 15.5. The highest BCUT2D eigenvalue weighted by Gasteiger charge is 2.19. The molecule has 0 N–H and O–H groups in total. The van der Waals surface area contributed by atoms with Gasteiger partial charge in [-0.2, -0.15) is 0 Å². The molecule has 1 unspecified atom stereocenters. The van der Waals surface area contributed by atoms with Crippen molar-refractivity contribution < 1.29 is 0 Å². The van der Waals surface area contributed by atoms with E-state index in [4.69, 9.17) is 0 Å². The zero-order valence-corrected chi connectivity index (χ0v) is 15.5. The average molecular weight is 336 g/mol. The van der Waals surface area contributed by atoms with Crippen LogP contribution in [0.2, 0.25) is 0 Å². The molecule has 0 heteroatoms. The first kappa shape index (κ1) is 15.6. The van der Waals surface area contributed by atoms with Gasteiger partial charge in [-0.3, -0.25) is 0 Å². The molecular weight excluding hydrogens is 312 g/mol. The molecule has 1 atom stereocenters. The Bertz CT molecular complexity index is 1150. The predicted octanol–water partition coefficient (Wildman–Crippen LogP) is 4.86. The summed E-state index contributed by atoms with van der Waals surface area (Å²) >= 11 is 0. The third-order valence-corrected chi connectivity index (χ3v) is 6.02. The summed E-state index contributed by atoms with van der Waals surface area (Å²) in [5, 5.41) is 5.71. The van der Waals surface area contributed by atoms with Crippen LogP contribution in [-0.2, 0) is 12.8 Å². The summed E-state index contributed by atoms with van der Waals surface area (Å²) in [6.45, 7) is 4.42. The van der Waals surface area contributed by atoms with Gasteiger partial charge in [-0.15, -0.1) is 0 Å². The van der Waals surface area contributed by atoms with Crippen LogP contribution in [-0.4, -0.2) is 0 Å². The SMILES string of the molecule is Cc1cc(C)cc(C2CC=c3ccc4c5c(ccc4c3C2)=CC=CC5)c1. The van der Waals surface area contributed by atoms with Crippen molar-refractivity contribution in [2.75, 3.05) is 0 Å². The van der Waals surface area contributed by atoms with Crippen LogP contribution in [0.3, 0.4) is 0 Å². The van der Waals surface area contributed by atoms with Crippen molar-refractivity contribution >= 4 is 22.9 Å². The first-order chi connectivity index (χ1) is 12.7. The summed E-state index contributed by atoms with van der Waals surface area (Å²) in [5.41, 5.74) is 7.27. The van der Waals surface area contributed by atoms with Crippen molar-refractivity contribution in [3.05, 3.63) is 92.9 Å². The van der Waals surface area contributed by atoms with E-state index in [9.17, 15) is 0 Å². The summed E-state index contributed by atoms with van der Waals surface area (Å²) in [7, 11) is 0. The third-order valence-electron chi connectivity index (χ3n) is 6.02. The Morgan fingerprint density at radius 3 is 2.35 bits per heavy atom. The standard InChI is InChI=1S/C26H24/c1-17-13-18(2)15-22(14-17)21-8-7-20-10-11-24-23-6-4-3-5-19(23)9-12-25(24)26(20)16-21/h3-5,7,9-15,21H,6,8,16H2,1-2H3. The molecule has 0 saturated heterocycles. The van der Waals surface area contributed by atoms with Gasteiger partial charge in [0.15, 0.2) is 0 Å². The molecule has 128 valence electrons. The Labute approximate surface area is 155 Å². The number of allylic oxidation sites excluding steroid dienone is 2. The maximum absolute atomic E-state index is 2.45. The van der Waals surface area contributed by atoms with Crippen LogP contribution in [0.25, 0.3) is 22.9 Å². The van der Waals surface area contributed by atoms with E-state index >= 15 is 0 Å². The molecule has 0 heterocycles. The highest BCUT2D eigenvalue weighted by atomic mass is 14.2. The molecule has 0 spiro atoms. The van der Waals surface area contributed by atoms with Crippen LogP contribution in [0, 0.1) is 13.8 Å². The van der Waals surface area contributed by atoms with E-state index in [1.165, 1.54) is 49.0 Å². The monoisotopic (exact) mass is 336 g/mol. The van der Waals surface area contributed by atoms with Gasteiger partial charge in [-0.05, 0) is 76.9 Å².